The van der Waals surface area contributed by atoms with Gasteiger partial charge in [-0.05, 0) is 19.1 Å². The molecule has 1 aromatic rings. The number of pyridine rings is 1. The van der Waals surface area contributed by atoms with E-state index in [0.717, 1.165) is 0 Å². The molecule has 1 rings (SSSR count). The van der Waals surface area contributed by atoms with Crippen LogP contribution in [0.5, 0.6) is 0 Å². The molecule has 0 atom stereocenters. The second kappa shape index (κ2) is 3.64. The molecule has 13 heavy (non-hydrogen) atoms. The maximum atomic E-state index is 12.3. The highest BCUT2D eigenvalue weighted by molar-refractivity contribution is 5.38. The van der Waals surface area contributed by atoms with Crippen LogP contribution in [0.15, 0.2) is 24.4 Å². The van der Waals surface area contributed by atoms with Crippen molar-refractivity contribution < 1.29 is 13.2 Å². The van der Waals surface area contributed by atoms with Gasteiger partial charge in [0.25, 0.3) is 0 Å². The standard InChI is InChI=1S/C8H9F3N2/c1-2-13(8(9,10)11)7-5-3-4-6-12-7/h3-6H,2H2,1H3. The van der Waals surface area contributed by atoms with Gasteiger partial charge in [0.2, 0.25) is 0 Å². The molecule has 0 bridgehead atoms. The van der Waals surface area contributed by atoms with Crippen molar-refractivity contribution in [3.05, 3.63) is 24.4 Å². The van der Waals surface area contributed by atoms with Gasteiger partial charge in [0.05, 0.1) is 0 Å². The van der Waals surface area contributed by atoms with Gasteiger partial charge >= 0.3 is 6.30 Å². The second-order valence-electron chi connectivity index (χ2n) is 2.40. The highest BCUT2D eigenvalue weighted by Gasteiger charge is 2.36. The molecule has 0 N–H and O–H groups in total. The van der Waals surface area contributed by atoms with Gasteiger partial charge in [-0.2, -0.15) is 13.2 Å². The Morgan fingerprint density at radius 3 is 2.46 bits per heavy atom. The van der Waals surface area contributed by atoms with E-state index in [1.807, 2.05) is 0 Å². The molecule has 1 heterocycles. The van der Waals surface area contributed by atoms with Gasteiger partial charge in [0, 0.05) is 12.7 Å². The SMILES string of the molecule is CCN(c1ccccn1)C(F)(F)F. The van der Waals surface area contributed by atoms with Crippen LogP contribution in [-0.4, -0.2) is 17.8 Å². The molecule has 0 spiro atoms. The van der Waals surface area contributed by atoms with Crippen LogP contribution in [-0.2, 0) is 0 Å². The molecule has 0 aliphatic rings. The van der Waals surface area contributed by atoms with Gasteiger partial charge in [0.1, 0.15) is 5.82 Å². The van der Waals surface area contributed by atoms with Crippen LogP contribution < -0.4 is 4.90 Å². The number of rotatable bonds is 2. The van der Waals surface area contributed by atoms with Crippen molar-refractivity contribution in [2.75, 3.05) is 11.4 Å². The van der Waals surface area contributed by atoms with Crippen molar-refractivity contribution >= 4 is 5.82 Å². The molecule has 2 nitrogen and oxygen atoms in total. The van der Waals surface area contributed by atoms with E-state index in [1.54, 1.807) is 6.07 Å². The predicted molar refractivity (Wildman–Crippen MR) is 43.3 cm³/mol. The molecule has 0 saturated heterocycles. The molecule has 5 heteroatoms. The molecular formula is C8H9F3N2. The Bertz CT molecular complexity index is 258. The fourth-order valence-corrected chi connectivity index (χ4v) is 0.985. The lowest BCUT2D eigenvalue weighted by molar-refractivity contribution is -0.129. The molecule has 0 aliphatic heterocycles. The smallest absolute Gasteiger partial charge is 0.268 e. The van der Waals surface area contributed by atoms with E-state index in [9.17, 15) is 13.2 Å². The number of hydrogen-bond acceptors (Lipinski definition) is 2. The molecule has 0 amide bonds. The topological polar surface area (TPSA) is 16.1 Å². The van der Waals surface area contributed by atoms with Crippen molar-refractivity contribution in [1.29, 1.82) is 0 Å². The van der Waals surface area contributed by atoms with Crippen LogP contribution in [0, 0.1) is 0 Å². The van der Waals surface area contributed by atoms with Gasteiger partial charge in [-0.1, -0.05) is 6.07 Å². The molecule has 0 fully saturated rings. The van der Waals surface area contributed by atoms with Crippen molar-refractivity contribution in [2.45, 2.75) is 13.2 Å². The lowest BCUT2D eigenvalue weighted by Crippen LogP contribution is -2.38. The molecule has 1 aromatic heterocycles. The summed E-state index contributed by atoms with van der Waals surface area (Å²) in [4.78, 5) is 3.91. The van der Waals surface area contributed by atoms with E-state index in [-0.39, 0.29) is 17.3 Å². The quantitative estimate of drug-likeness (QED) is 0.666. The summed E-state index contributed by atoms with van der Waals surface area (Å²) in [6, 6.07) is 4.43. The first-order valence-corrected chi connectivity index (χ1v) is 3.81. The minimum Gasteiger partial charge on any atom is -0.268 e. The number of hydrogen-bond donors (Lipinski definition) is 0. The summed E-state index contributed by atoms with van der Waals surface area (Å²) < 4.78 is 36.9. The van der Waals surface area contributed by atoms with Crippen molar-refractivity contribution in [3.63, 3.8) is 0 Å². The molecule has 0 saturated carbocycles. The summed E-state index contributed by atoms with van der Waals surface area (Å²) in [6.07, 6.45) is -3.02. The van der Waals surface area contributed by atoms with Crippen LogP contribution in [0.1, 0.15) is 6.92 Å². The third-order valence-electron chi connectivity index (χ3n) is 1.55. The minimum absolute atomic E-state index is 0.0718. The Balaban J connectivity index is 2.92. The first-order chi connectivity index (χ1) is 6.05. The number of halogens is 3. The van der Waals surface area contributed by atoms with E-state index >= 15 is 0 Å². The van der Waals surface area contributed by atoms with Crippen molar-refractivity contribution in [2.24, 2.45) is 0 Å². The van der Waals surface area contributed by atoms with Crippen LogP contribution in [0.25, 0.3) is 0 Å². The minimum atomic E-state index is -4.36. The zero-order valence-corrected chi connectivity index (χ0v) is 7.04. The van der Waals surface area contributed by atoms with Gasteiger partial charge in [-0.25, -0.2) is 4.98 Å². The second-order valence-corrected chi connectivity index (χ2v) is 2.40. The Morgan fingerprint density at radius 1 is 1.38 bits per heavy atom. The average molecular weight is 190 g/mol. The molecule has 0 unspecified atom stereocenters. The number of alkyl halides is 3. The summed E-state index contributed by atoms with van der Waals surface area (Å²) in [5.74, 6) is -0.0718. The lowest BCUT2D eigenvalue weighted by Gasteiger charge is -2.23. The summed E-state index contributed by atoms with van der Waals surface area (Å²) in [6.45, 7) is 1.29. The van der Waals surface area contributed by atoms with E-state index in [2.05, 4.69) is 4.98 Å². The highest BCUT2D eigenvalue weighted by atomic mass is 19.4. The predicted octanol–water partition coefficient (Wildman–Crippen LogP) is 2.43. The Kier molecular flexibility index (Phi) is 2.75. The van der Waals surface area contributed by atoms with Crippen LogP contribution >= 0.6 is 0 Å². The molecule has 72 valence electrons. The van der Waals surface area contributed by atoms with Gasteiger partial charge in [0.15, 0.2) is 0 Å². The Hall–Kier alpha value is -1.26. The molecule has 0 radical (unpaired) electrons. The molecule has 0 aromatic carbocycles. The third-order valence-corrected chi connectivity index (χ3v) is 1.55. The fraction of sp³-hybridized carbons (Fsp3) is 0.375. The Morgan fingerprint density at radius 2 is 2.08 bits per heavy atom. The van der Waals surface area contributed by atoms with Crippen molar-refractivity contribution in [3.8, 4) is 0 Å². The normalized spacial score (nSPS) is 11.4. The highest BCUT2D eigenvalue weighted by Crippen LogP contribution is 2.25. The summed E-state index contributed by atoms with van der Waals surface area (Å²) in [7, 11) is 0. The van der Waals surface area contributed by atoms with Crippen LogP contribution in [0.2, 0.25) is 0 Å². The maximum absolute atomic E-state index is 12.3. The number of aromatic nitrogens is 1. The lowest BCUT2D eigenvalue weighted by atomic mass is 10.4. The molecule has 0 aliphatic carbocycles. The van der Waals surface area contributed by atoms with E-state index < -0.39 is 6.30 Å². The Labute approximate surface area is 74.0 Å². The summed E-state index contributed by atoms with van der Waals surface area (Å²) in [5.41, 5.74) is 0. The number of anilines is 1. The largest absolute Gasteiger partial charge is 0.486 e. The van der Waals surface area contributed by atoms with Crippen molar-refractivity contribution in [1.82, 2.24) is 4.98 Å². The third kappa shape index (κ3) is 2.34. The zero-order chi connectivity index (χ0) is 9.90. The summed E-state index contributed by atoms with van der Waals surface area (Å²) >= 11 is 0. The zero-order valence-electron chi connectivity index (χ0n) is 7.04. The average Bonchev–Trinajstić information content (AvgIpc) is 2.05. The monoisotopic (exact) mass is 190 g/mol. The van der Waals surface area contributed by atoms with Gasteiger partial charge in [-0.15, -0.1) is 0 Å². The van der Waals surface area contributed by atoms with Gasteiger partial charge in [-0.3, -0.25) is 4.90 Å². The van der Waals surface area contributed by atoms with E-state index in [1.165, 1.54) is 25.3 Å². The fourth-order valence-electron chi connectivity index (χ4n) is 0.985. The first-order valence-electron chi connectivity index (χ1n) is 3.81. The van der Waals surface area contributed by atoms with E-state index in [0.29, 0.717) is 0 Å². The number of nitrogens with zero attached hydrogens (tertiary/aromatic N) is 2. The molecular weight excluding hydrogens is 181 g/mol. The first kappa shape index (κ1) is 9.83. The summed E-state index contributed by atoms with van der Waals surface area (Å²) in [5, 5.41) is 0. The van der Waals surface area contributed by atoms with Crippen LogP contribution in [0.4, 0.5) is 19.0 Å². The maximum Gasteiger partial charge on any atom is 0.486 e. The van der Waals surface area contributed by atoms with E-state index in [4.69, 9.17) is 0 Å². The van der Waals surface area contributed by atoms with Crippen LogP contribution in [0.3, 0.4) is 0 Å². The van der Waals surface area contributed by atoms with Gasteiger partial charge < -0.3 is 0 Å².